The van der Waals surface area contributed by atoms with Crippen molar-refractivity contribution < 1.29 is 39.3 Å². The minimum Gasteiger partial charge on any atom is -0.333 e. The van der Waals surface area contributed by atoms with Crippen molar-refractivity contribution in [2.45, 2.75) is 16.6 Å². The molecule has 0 saturated heterocycles. The van der Waals surface area contributed by atoms with Gasteiger partial charge < -0.3 is 4.52 Å². The number of nitrogens with two attached hydrogens (primary N) is 1. The maximum Gasteiger partial charge on any atom is 0.433 e. The molecule has 0 spiro atoms. The van der Waals surface area contributed by atoms with Gasteiger partial charge in [0.2, 0.25) is 15.8 Å². The van der Waals surface area contributed by atoms with Crippen LogP contribution in [0.5, 0.6) is 0 Å². The lowest BCUT2D eigenvalue weighted by Crippen LogP contribution is -2.13. The zero-order chi connectivity index (χ0) is 26.8. The quantitative estimate of drug-likeness (QED) is 0.311. The highest BCUT2D eigenvalue weighted by Gasteiger charge is 2.36. The number of alkyl halides is 6. The van der Waals surface area contributed by atoms with Crippen molar-refractivity contribution in [1.29, 1.82) is 0 Å². The van der Waals surface area contributed by atoms with Crippen molar-refractivity contribution in [2.24, 2.45) is 5.14 Å². The molecule has 5 rings (SSSR count). The van der Waals surface area contributed by atoms with Gasteiger partial charge in [-0.15, -0.1) is 11.3 Å². The first-order valence-corrected chi connectivity index (χ1v) is 12.2. The Hall–Kier alpha value is -3.83. The fourth-order valence-corrected chi connectivity index (χ4v) is 4.97. The fourth-order valence-electron chi connectivity index (χ4n) is 3.32. The Labute approximate surface area is 206 Å². The Bertz CT molecular complexity index is 1740. The van der Waals surface area contributed by atoms with Gasteiger partial charge in [-0.1, -0.05) is 17.3 Å². The van der Waals surface area contributed by atoms with Gasteiger partial charge in [0.1, 0.15) is 4.21 Å². The van der Waals surface area contributed by atoms with Gasteiger partial charge >= 0.3 is 12.4 Å². The minimum absolute atomic E-state index is 0.00365. The van der Waals surface area contributed by atoms with E-state index in [0.29, 0.717) is 10.6 Å². The van der Waals surface area contributed by atoms with Gasteiger partial charge in [-0.2, -0.15) is 36.4 Å². The number of halogens is 6. The molecule has 0 aliphatic heterocycles. The normalized spacial score (nSPS) is 12.9. The highest BCUT2D eigenvalue weighted by atomic mass is 32.2. The van der Waals surface area contributed by atoms with Gasteiger partial charge in [-0.25, -0.2) is 23.1 Å². The van der Waals surface area contributed by atoms with Gasteiger partial charge in [0, 0.05) is 5.56 Å². The van der Waals surface area contributed by atoms with Crippen molar-refractivity contribution in [1.82, 2.24) is 24.7 Å². The Morgan fingerprint density at radius 2 is 1.65 bits per heavy atom. The summed E-state index contributed by atoms with van der Waals surface area (Å²) in [5, 5.41) is 12.5. The van der Waals surface area contributed by atoms with Crippen molar-refractivity contribution in [2.75, 3.05) is 0 Å². The van der Waals surface area contributed by atoms with Gasteiger partial charge in [-0.05, 0) is 30.3 Å². The molecule has 0 amide bonds. The van der Waals surface area contributed by atoms with Gasteiger partial charge in [-0.3, -0.25) is 0 Å². The Morgan fingerprint density at radius 3 is 2.24 bits per heavy atom. The van der Waals surface area contributed by atoms with E-state index in [9.17, 15) is 34.8 Å². The number of aromatic nitrogens is 5. The van der Waals surface area contributed by atoms with E-state index in [0.717, 1.165) is 41.8 Å². The molecule has 192 valence electrons. The smallest absolute Gasteiger partial charge is 0.333 e. The maximum absolute atomic E-state index is 13.8. The summed E-state index contributed by atoms with van der Waals surface area (Å²) < 4.78 is 109. The number of primary sulfonamides is 1. The van der Waals surface area contributed by atoms with E-state index >= 15 is 0 Å². The molecule has 0 bridgehead atoms. The van der Waals surface area contributed by atoms with Crippen LogP contribution in [0.2, 0.25) is 0 Å². The first kappa shape index (κ1) is 24.8. The molecular weight excluding hydrogens is 550 g/mol. The lowest BCUT2D eigenvalue weighted by molar-refractivity contribution is -0.142. The second-order valence-electron chi connectivity index (χ2n) is 7.48. The Kier molecular flexibility index (Phi) is 5.61. The number of benzene rings is 1. The maximum atomic E-state index is 13.8. The predicted molar refractivity (Wildman–Crippen MR) is 116 cm³/mol. The first-order valence-electron chi connectivity index (χ1n) is 9.82. The minimum atomic E-state index is -4.89. The summed E-state index contributed by atoms with van der Waals surface area (Å²) in [4.78, 5) is 8.50. The zero-order valence-electron chi connectivity index (χ0n) is 17.7. The van der Waals surface area contributed by atoms with Crippen LogP contribution in [0.25, 0.3) is 39.1 Å². The topological polar surface area (TPSA) is 129 Å². The summed E-state index contributed by atoms with van der Waals surface area (Å²) in [7, 11) is -3.98. The molecule has 4 aromatic heterocycles. The van der Waals surface area contributed by atoms with E-state index in [2.05, 4.69) is 20.2 Å². The predicted octanol–water partition coefficient (Wildman–Crippen LogP) is 4.86. The highest BCUT2D eigenvalue weighted by Crippen LogP contribution is 2.36. The molecule has 17 heteroatoms. The number of fused-ring (bicyclic) bond motifs is 1. The molecule has 1 aromatic carbocycles. The lowest BCUT2D eigenvalue weighted by Gasteiger charge is -2.12. The van der Waals surface area contributed by atoms with Gasteiger partial charge in [0.15, 0.2) is 11.3 Å². The van der Waals surface area contributed by atoms with Crippen LogP contribution in [-0.4, -0.2) is 33.2 Å². The molecule has 0 unspecified atom stereocenters. The molecule has 4 heterocycles. The number of thiophene rings is 1. The third kappa shape index (κ3) is 4.67. The van der Waals surface area contributed by atoms with Crippen LogP contribution in [0, 0.1) is 0 Å². The largest absolute Gasteiger partial charge is 0.433 e. The van der Waals surface area contributed by atoms with E-state index in [4.69, 9.17) is 9.66 Å². The molecule has 0 saturated carbocycles. The number of sulfonamides is 1. The lowest BCUT2D eigenvalue weighted by atomic mass is 10.1. The van der Waals surface area contributed by atoms with Crippen LogP contribution in [0.4, 0.5) is 26.3 Å². The molecule has 5 aromatic rings. The molecule has 0 radical (unpaired) electrons. The van der Waals surface area contributed by atoms with Crippen molar-refractivity contribution in [3.63, 3.8) is 0 Å². The SMILES string of the molecule is NS(=O)(=O)c1ccc(-c2nc(-c3cnn4c(C(F)(F)F)cc(-c5ccc(C(F)(F)F)cc5)nc34)no2)s1. The van der Waals surface area contributed by atoms with Gasteiger partial charge in [0.25, 0.3) is 5.89 Å². The van der Waals surface area contributed by atoms with E-state index in [1.807, 2.05) is 0 Å². The van der Waals surface area contributed by atoms with Crippen LogP contribution < -0.4 is 5.14 Å². The number of rotatable bonds is 4. The first-order chi connectivity index (χ1) is 17.2. The standard InChI is InChI=1S/C20H10F6N6O3S2/c21-19(22,23)10-3-1-9(2-4-10)12-7-14(20(24,25)26)32-17(29-12)11(8-28-32)16-30-18(35-31-16)13-5-6-15(36-13)37(27,33)34/h1-8H,(H2,27,33,34). The van der Waals surface area contributed by atoms with Crippen molar-refractivity contribution >= 4 is 27.0 Å². The molecule has 0 aliphatic rings. The van der Waals surface area contributed by atoms with E-state index < -0.39 is 33.6 Å². The zero-order valence-corrected chi connectivity index (χ0v) is 19.4. The highest BCUT2D eigenvalue weighted by molar-refractivity contribution is 7.91. The summed E-state index contributed by atoms with van der Waals surface area (Å²) in [5.41, 5.74) is -2.90. The summed E-state index contributed by atoms with van der Waals surface area (Å²) in [6, 6.07) is 6.72. The summed E-state index contributed by atoms with van der Waals surface area (Å²) >= 11 is 0.741. The fraction of sp³-hybridized carbons (Fsp3) is 0.100. The monoisotopic (exact) mass is 560 g/mol. The average Bonchev–Trinajstić information content (AvgIpc) is 3.55. The number of hydrogen-bond acceptors (Lipinski definition) is 8. The summed E-state index contributed by atoms with van der Waals surface area (Å²) in [6.45, 7) is 0. The van der Waals surface area contributed by atoms with Crippen LogP contribution in [0.3, 0.4) is 0 Å². The molecule has 0 atom stereocenters. The van der Waals surface area contributed by atoms with Crippen molar-refractivity contribution in [3.05, 3.63) is 59.9 Å². The van der Waals surface area contributed by atoms with Crippen molar-refractivity contribution in [3.8, 4) is 33.4 Å². The molecule has 0 aliphatic carbocycles. The Balaban J connectivity index is 1.62. The molecule has 2 N–H and O–H groups in total. The van der Waals surface area contributed by atoms with Crippen LogP contribution in [0.15, 0.2) is 57.4 Å². The molecule has 0 fully saturated rings. The van der Waals surface area contributed by atoms with Crippen LogP contribution in [0.1, 0.15) is 11.3 Å². The summed E-state index contributed by atoms with van der Waals surface area (Å²) in [5.74, 6) is -0.343. The third-order valence-corrected chi connectivity index (χ3v) is 7.52. The molecule has 9 nitrogen and oxygen atoms in total. The van der Waals surface area contributed by atoms with E-state index in [1.165, 1.54) is 12.1 Å². The van der Waals surface area contributed by atoms with Crippen LogP contribution >= 0.6 is 11.3 Å². The summed E-state index contributed by atoms with van der Waals surface area (Å²) in [6.07, 6.45) is -8.50. The number of nitrogens with zero attached hydrogens (tertiary/aromatic N) is 5. The Morgan fingerprint density at radius 1 is 0.946 bits per heavy atom. The second kappa shape index (κ2) is 8.35. The number of hydrogen-bond donors (Lipinski definition) is 1. The second-order valence-corrected chi connectivity index (χ2v) is 10.4. The molecular formula is C20H10F6N6O3S2. The third-order valence-electron chi connectivity index (χ3n) is 5.01. The van der Waals surface area contributed by atoms with E-state index in [-0.39, 0.29) is 43.3 Å². The van der Waals surface area contributed by atoms with Crippen LogP contribution in [-0.2, 0) is 22.4 Å². The van der Waals surface area contributed by atoms with E-state index in [1.54, 1.807) is 0 Å². The van der Waals surface area contributed by atoms with Gasteiger partial charge in [0.05, 0.1) is 27.9 Å². The molecule has 37 heavy (non-hydrogen) atoms. The average molecular weight is 560 g/mol.